The van der Waals surface area contributed by atoms with Gasteiger partial charge in [-0.05, 0) is 59.9 Å². The van der Waals surface area contributed by atoms with E-state index in [0.29, 0.717) is 16.8 Å². The number of ketones is 1. The second-order valence-electron chi connectivity index (χ2n) is 3.82. The van der Waals surface area contributed by atoms with Gasteiger partial charge >= 0.3 is 0 Å². The van der Waals surface area contributed by atoms with E-state index in [1.807, 2.05) is 12.1 Å². The van der Waals surface area contributed by atoms with Gasteiger partial charge in [-0.25, -0.2) is 4.98 Å². The molecule has 0 aliphatic rings. The monoisotopic (exact) mass is 462 g/mol. The molecule has 7 heteroatoms. The quantitative estimate of drug-likeness (QED) is 0.533. The highest BCUT2D eigenvalue weighted by Gasteiger charge is 2.19. The largest absolute Gasteiger partial charge is 0.345 e. The molecule has 0 bridgehead atoms. The van der Waals surface area contributed by atoms with Gasteiger partial charge < -0.3 is 4.98 Å². The lowest BCUT2D eigenvalue weighted by Gasteiger charge is -1.98. The summed E-state index contributed by atoms with van der Waals surface area (Å²) in [6.45, 7) is 0. The lowest BCUT2D eigenvalue weighted by molar-refractivity contribution is 0.104. The van der Waals surface area contributed by atoms with Crippen LogP contribution in [-0.4, -0.2) is 15.8 Å². The molecule has 1 N–H and O–H groups in total. The maximum Gasteiger partial charge on any atom is 0.197 e. The first-order chi connectivity index (χ1) is 9.06. The molecule has 0 atom stereocenters. The van der Waals surface area contributed by atoms with Crippen LogP contribution in [0.5, 0.6) is 0 Å². The predicted octanol–water partition coefficient (Wildman–Crippen LogP) is 5.14. The maximum absolute atomic E-state index is 12.6. The molecule has 0 aliphatic heterocycles. The van der Waals surface area contributed by atoms with Crippen LogP contribution in [-0.2, 0) is 0 Å². The third-order valence-corrected chi connectivity index (χ3v) is 5.42. The van der Waals surface area contributed by atoms with Gasteiger partial charge in [-0.2, -0.15) is 0 Å². The summed E-state index contributed by atoms with van der Waals surface area (Å²) >= 11 is 11.7. The molecule has 0 unspecified atom stereocenters. The first-order valence-corrected chi connectivity index (χ1v) is 8.38. The topological polar surface area (TPSA) is 45.8 Å². The first kappa shape index (κ1) is 13.5. The number of fused-ring (bicyclic) bond motifs is 1. The van der Waals surface area contributed by atoms with E-state index in [9.17, 15) is 4.79 Å². The molecular formula is C12H5Br3N2OS. The number of pyridine rings is 1. The number of nitrogens with zero attached hydrogens (tertiary/aromatic N) is 1. The average Bonchev–Trinajstić information content (AvgIpc) is 2.91. The van der Waals surface area contributed by atoms with Gasteiger partial charge in [0.15, 0.2) is 5.78 Å². The van der Waals surface area contributed by atoms with E-state index in [-0.39, 0.29) is 5.78 Å². The van der Waals surface area contributed by atoms with Gasteiger partial charge in [-0.1, -0.05) is 0 Å². The molecule has 3 aromatic heterocycles. The highest BCUT2D eigenvalue weighted by molar-refractivity contribution is 9.12. The Morgan fingerprint density at radius 1 is 1.21 bits per heavy atom. The van der Waals surface area contributed by atoms with Crippen LogP contribution in [0.25, 0.3) is 11.0 Å². The summed E-state index contributed by atoms with van der Waals surface area (Å²) in [5.74, 6) is -0.0278. The van der Waals surface area contributed by atoms with Crippen molar-refractivity contribution in [3.63, 3.8) is 0 Å². The fourth-order valence-corrected chi connectivity index (χ4v) is 4.93. The van der Waals surface area contributed by atoms with Crippen molar-refractivity contribution in [3.8, 4) is 0 Å². The second kappa shape index (κ2) is 5.12. The number of carbonyl (C=O) groups is 1. The van der Waals surface area contributed by atoms with Crippen LogP contribution >= 0.6 is 59.1 Å². The standard InChI is InChI=1S/C12H5Br3N2OS/c13-5-1-6-8(4-17-12(6)16-3-5)10(18)7-2-9(14)19-11(7)15/h1-4H,(H,16,17). The van der Waals surface area contributed by atoms with Crippen LogP contribution in [0.4, 0.5) is 0 Å². The van der Waals surface area contributed by atoms with Gasteiger partial charge in [0.2, 0.25) is 0 Å². The second-order valence-corrected chi connectivity index (χ2v) is 8.48. The molecule has 3 heterocycles. The molecule has 96 valence electrons. The highest BCUT2D eigenvalue weighted by Crippen LogP contribution is 2.34. The Kier molecular flexibility index (Phi) is 3.63. The Morgan fingerprint density at radius 2 is 2.00 bits per heavy atom. The van der Waals surface area contributed by atoms with Crippen LogP contribution in [0, 0.1) is 0 Å². The molecule has 0 aliphatic carbocycles. The zero-order valence-corrected chi connectivity index (χ0v) is 14.8. The van der Waals surface area contributed by atoms with Crippen LogP contribution in [0.1, 0.15) is 15.9 Å². The Balaban J connectivity index is 2.16. The zero-order chi connectivity index (χ0) is 13.6. The van der Waals surface area contributed by atoms with E-state index in [2.05, 4.69) is 57.8 Å². The van der Waals surface area contributed by atoms with Gasteiger partial charge in [0.25, 0.3) is 0 Å². The van der Waals surface area contributed by atoms with Crippen molar-refractivity contribution in [2.75, 3.05) is 0 Å². The van der Waals surface area contributed by atoms with Gasteiger partial charge in [0.05, 0.1) is 7.57 Å². The SMILES string of the molecule is O=C(c1cc(Br)sc1Br)c1c[nH]c2ncc(Br)cc12. The Hall–Kier alpha value is -0.500. The van der Waals surface area contributed by atoms with Gasteiger partial charge in [-0.3, -0.25) is 4.79 Å². The van der Waals surface area contributed by atoms with E-state index in [1.54, 1.807) is 12.4 Å². The molecule has 19 heavy (non-hydrogen) atoms. The van der Waals surface area contributed by atoms with Gasteiger partial charge in [0, 0.05) is 33.4 Å². The number of hydrogen-bond donors (Lipinski definition) is 1. The minimum absolute atomic E-state index is 0.0278. The molecule has 0 radical (unpaired) electrons. The van der Waals surface area contributed by atoms with Crippen molar-refractivity contribution in [2.24, 2.45) is 0 Å². The molecule has 0 saturated heterocycles. The van der Waals surface area contributed by atoms with E-state index in [0.717, 1.165) is 17.4 Å². The van der Waals surface area contributed by atoms with Crippen molar-refractivity contribution in [3.05, 3.63) is 47.7 Å². The number of hydrogen-bond acceptors (Lipinski definition) is 3. The van der Waals surface area contributed by atoms with Crippen LogP contribution in [0.3, 0.4) is 0 Å². The number of rotatable bonds is 2. The van der Waals surface area contributed by atoms with Crippen molar-refractivity contribution in [1.82, 2.24) is 9.97 Å². The Bertz CT molecular complexity index is 793. The molecule has 0 aromatic carbocycles. The smallest absolute Gasteiger partial charge is 0.197 e. The van der Waals surface area contributed by atoms with Crippen LogP contribution < -0.4 is 0 Å². The number of halogens is 3. The number of H-pyrrole nitrogens is 1. The van der Waals surface area contributed by atoms with Crippen LogP contribution in [0.2, 0.25) is 0 Å². The molecule has 0 amide bonds. The molecule has 3 nitrogen and oxygen atoms in total. The Morgan fingerprint density at radius 3 is 2.68 bits per heavy atom. The van der Waals surface area contributed by atoms with Gasteiger partial charge in [0.1, 0.15) is 5.65 Å². The van der Waals surface area contributed by atoms with Crippen LogP contribution in [0.15, 0.2) is 36.6 Å². The normalized spacial score (nSPS) is 11.1. The first-order valence-electron chi connectivity index (χ1n) is 5.18. The number of thiophene rings is 1. The predicted molar refractivity (Wildman–Crippen MR) is 86.9 cm³/mol. The van der Waals surface area contributed by atoms with E-state index >= 15 is 0 Å². The third-order valence-electron chi connectivity index (χ3n) is 2.64. The minimum atomic E-state index is -0.0278. The van der Waals surface area contributed by atoms with E-state index in [1.165, 1.54) is 11.3 Å². The molecular weight excluding hydrogens is 460 g/mol. The zero-order valence-electron chi connectivity index (χ0n) is 9.21. The minimum Gasteiger partial charge on any atom is -0.345 e. The summed E-state index contributed by atoms with van der Waals surface area (Å²) in [6, 6.07) is 3.71. The number of aromatic nitrogens is 2. The summed E-state index contributed by atoms with van der Waals surface area (Å²) in [5.41, 5.74) is 1.98. The van der Waals surface area contributed by atoms with Crippen molar-refractivity contribution >= 4 is 75.9 Å². The lowest BCUT2D eigenvalue weighted by Crippen LogP contribution is -1.99. The number of nitrogens with one attached hydrogen (secondary N) is 1. The van der Waals surface area contributed by atoms with Crippen molar-refractivity contribution < 1.29 is 4.79 Å². The molecule has 3 rings (SSSR count). The number of carbonyl (C=O) groups excluding carboxylic acids is 1. The van der Waals surface area contributed by atoms with Gasteiger partial charge in [-0.15, -0.1) is 11.3 Å². The highest BCUT2D eigenvalue weighted by atomic mass is 79.9. The van der Waals surface area contributed by atoms with E-state index in [4.69, 9.17) is 0 Å². The fourth-order valence-electron chi connectivity index (χ4n) is 1.81. The van der Waals surface area contributed by atoms with Crippen molar-refractivity contribution in [1.29, 1.82) is 0 Å². The summed E-state index contributed by atoms with van der Waals surface area (Å²) in [4.78, 5) is 19.8. The Labute approximate surface area is 137 Å². The molecule has 0 spiro atoms. The molecule has 0 fully saturated rings. The lowest BCUT2D eigenvalue weighted by atomic mass is 10.1. The summed E-state index contributed by atoms with van der Waals surface area (Å²) in [5, 5.41) is 0.814. The molecule has 3 aromatic rings. The molecule has 0 saturated carbocycles. The summed E-state index contributed by atoms with van der Waals surface area (Å²) < 4.78 is 2.59. The number of aromatic amines is 1. The summed E-state index contributed by atoms with van der Waals surface area (Å²) in [6.07, 6.45) is 3.40. The third kappa shape index (κ3) is 2.44. The summed E-state index contributed by atoms with van der Waals surface area (Å²) in [7, 11) is 0. The van der Waals surface area contributed by atoms with Crippen molar-refractivity contribution in [2.45, 2.75) is 0 Å². The average molecular weight is 465 g/mol. The maximum atomic E-state index is 12.6. The fraction of sp³-hybridized carbons (Fsp3) is 0. The van der Waals surface area contributed by atoms with E-state index < -0.39 is 0 Å².